The Kier molecular flexibility index (Phi) is 6.65. The van der Waals surface area contributed by atoms with E-state index in [9.17, 15) is 16.8 Å². The number of piperazine rings is 1. The molecule has 142 valence electrons. The van der Waals surface area contributed by atoms with E-state index in [1.54, 1.807) is 18.2 Å². The van der Waals surface area contributed by atoms with Crippen LogP contribution in [0.3, 0.4) is 0 Å². The topological polar surface area (TPSA) is 81.2 Å². The minimum atomic E-state index is -3.49. The van der Waals surface area contributed by atoms with E-state index in [0.29, 0.717) is 32.1 Å². The zero-order valence-corrected chi connectivity index (χ0v) is 16.5. The summed E-state index contributed by atoms with van der Waals surface area (Å²) in [4.78, 5) is 0. The highest BCUT2D eigenvalue weighted by Gasteiger charge is 2.37. The molecule has 2 saturated heterocycles. The lowest BCUT2D eigenvalue weighted by molar-refractivity contribution is 0.225. The molecule has 0 aromatic rings. The van der Waals surface area contributed by atoms with Crippen molar-refractivity contribution >= 4 is 20.4 Å². The van der Waals surface area contributed by atoms with Gasteiger partial charge in [0.05, 0.1) is 0 Å². The van der Waals surface area contributed by atoms with Crippen LogP contribution >= 0.6 is 0 Å². The summed E-state index contributed by atoms with van der Waals surface area (Å²) in [7, 11) is -6.97. The Hall–Kier alpha value is -0.260. The van der Waals surface area contributed by atoms with Gasteiger partial charge in [-0.05, 0) is 18.8 Å². The van der Waals surface area contributed by atoms with Gasteiger partial charge in [-0.1, -0.05) is 20.8 Å². The third-order valence-electron chi connectivity index (χ3n) is 4.95. The molecule has 0 aromatic carbocycles. The quantitative estimate of drug-likeness (QED) is 0.656. The number of hydrogen-bond donors (Lipinski definition) is 0. The maximum atomic E-state index is 12.7. The second-order valence-electron chi connectivity index (χ2n) is 6.48. The monoisotopic (exact) mass is 382 g/mol. The molecule has 2 aliphatic heterocycles. The van der Waals surface area contributed by atoms with Crippen molar-refractivity contribution in [3.05, 3.63) is 0 Å². The molecule has 24 heavy (non-hydrogen) atoms. The normalized spacial score (nSPS) is 23.8. The molecule has 0 aromatic heterocycles. The summed E-state index contributed by atoms with van der Waals surface area (Å²) >= 11 is 0. The lowest BCUT2D eigenvalue weighted by atomic mass is 10.0. The van der Waals surface area contributed by atoms with E-state index < -0.39 is 20.4 Å². The largest absolute Gasteiger partial charge is 0.282 e. The van der Waals surface area contributed by atoms with E-state index in [-0.39, 0.29) is 26.2 Å². The van der Waals surface area contributed by atoms with Gasteiger partial charge in [-0.3, -0.25) is 0 Å². The zero-order valence-electron chi connectivity index (χ0n) is 14.9. The van der Waals surface area contributed by atoms with Gasteiger partial charge in [-0.25, -0.2) is 0 Å². The molecule has 2 aliphatic rings. The minimum Gasteiger partial charge on any atom is -0.195 e. The van der Waals surface area contributed by atoms with Crippen LogP contribution in [0.25, 0.3) is 0 Å². The molecule has 0 radical (unpaired) electrons. The maximum Gasteiger partial charge on any atom is 0.282 e. The molecule has 0 aliphatic carbocycles. The first-order chi connectivity index (χ1) is 11.2. The van der Waals surface area contributed by atoms with Crippen LogP contribution in [0.1, 0.15) is 33.6 Å². The van der Waals surface area contributed by atoms with Gasteiger partial charge in [0.1, 0.15) is 0 Å². The summed E-state index contributed by atoms with van der Waals surface area (Å²) in [6, 6.07) is 0. The summed E-state index contributed by atoms with van der Waals surface area (Å²) in [5.41, 5.74) is 0. The fraction of sp³-hybridized carbons (Fsp3) is 1.00. The Morgan fingerprint density at radius 2 is 1.21 bits per heavy atom. The summed E-state index contributed by atoms with van der Waals surface area (Å²) in [6.45, 7) is 8.56. The summed E-state index contributed by atoms with van der Waals surface area (Å²) in [5.74, 6) is 0.563. The van der Waals surface area contributed by atoms with Crippen molar-refractivity contribution in [3.63, 3.8) is 0 Å². The third kappa shape index (κ3) is 4.10. The second kappa shape index (κ2) is 7.96. The molecule has 8 nitrogen and oxygen atoms in total. The van der Waals surface area contributed by atoms with Gasteiger partial charge >= 0.3 is 0 Å². The van der Waals surface area contributed by atoms with E-state index in [2.05, 4.69) is 6.92 Å². The first-order valence-corrected chi connectivity index (χ1v) is 11.5. The van der Waals surface area contributed by atoms with Crippen molar-refractivity contribution in [3.8, 4) is 0 Å². The second-order valence-corrected chi connectivity index (χ2v) is 10.3. The average molecular weight is 383 g/mol. The summed E-state index contributed by atoms with van der Waals surface area (Å²) in [6.07, 6.45) is 1.77. The predicted octanol–water partition coefficient (Wildman–Crippen LogP) is 0.167. The summed E-state index contributed by atoms with van der Waals surface area (Å²) < 4.78 is 56.2. The maximum absolute atomic E-state index is 12.7. The molecule has 0 saturated carbocycles. The van der Waals surface area contributed by atoms with Crippen molar-refractivity contribution in [2.24, 2.45) is 5.92 Å². The predicted molar refractivity (Wildman–Crippen MR) is 93.9 cm³/mol. The molecule has 0 N–H and O–H groups in total. The van der Waals surface area contributed by atoms with Crippen LogP contribution in [0.5, 0.6) is 0 Å². The Morgan fingerprint density at radius 3 is 1.67 bits per heavy atom. The van der Waals surface area contributed by atoms with E-state index in [4.69, 9.17) is 0 Å². The van der Waals surface area contributed by atoms with Crippen molar-refractivity contribution in [1.29, 1.82) is 0 Å². The van der Waals surface area contributed by atoms with Crippen LogP contribution in [0, 0.1) is 5.92 Å². The molecule has 0 amide bonds. The van der Waals surface area contributed by atoms with Crippen LogP contribution in [-0.2, 0) is 20.4 Å². The summed E-state index contributed by atoms with van der Waals surface area (Å²) in [5, 5.41) is 0. The van der Waals surface area contributed by atoms with Gasteiger partial charge in [0, 0.05) is 52.4 Å². The first-order valence-electron chi connectivity index (χ1n) is 8.73. The zero-order chi connectivity index (χ0) is 18.0. The first kappa shape index (κ1) is 20.1. The van der Waals surface area contributed by atoms with Crippen molar-refractivity contribution in [1.82, 2.24) is 17.2 Å². The molecule has 0 atom stereocenters. The molecular weight excluding hydrogens is 352 g/mol. The Balaban J connectivity index is 1.99. The number of rotatable bonds is 6. The highest BCUT2D eigenvalue weighted by atomic mass is 32.2. The number of hydrogen-bond acceptors (Lipinski definition) is 4. The Bertz CT molecular complexity index is 603. The van der Waals surface area contributed by atoms with Gasteiger partial charge < -0.3 is 0 Å². The molecule has 2 rings (SSSR count). The molecular formula is C14H30N4O4S2. The van der Waals surface area contributed by atoms with Crippen LogP contribution < -0.4 is 0 Å². The van der Waals surface area contributed by atoms with Crippen LogP contribution in [0.2, 0.25) is 0 Å². The van der Waals surface area contributed by atoms with E-state index in [0.717, 1.165) is 12.8 Å². The smallest absolute Gasteiger partial charge is 0.195 e. The lowest BCUT2D eigenvalue weighted by Crippen LogP contribution is -2.57. The molecule has 0 spiro atoms. The van der Waals surface area contributed by atoms with Gasteiger partial charge in [0.2, 0.25) is 0 Å². The Labute approximate surface area is 146 Å². The van der Waals surface area contributed by atoms with Gasteiger partial charge in [0.25, 0.3) is 20.4 Å². The third-order valence-corrected chi connectivity index (χ3v) is 9.17. The van der Waals surface area contributed by atoms with Crippen LogP contribution in [0.4, 0.5) is 0 Å². The lowest BCUT2D eigenvalue weighted by Gasteiger charge is -2.39. The van der Waals surface area contributed by atoms with Crippen molar-refractivity contribution < 1.29 is 16.8 Å². The fourth-order valence-corrected chi connectivity index (χ4v) is 6.45. The fourth-order valence-electron chi connectivity index (χ4n) is 3.22. The highest BCUT2D eigenvalue weighted by Crippen LogP contribution is 2.22. The highest BCUT2D eigenvalue weighted by molar-refractivity contribution is 7.87. The Morgan fingerprint density at radius 1 is 0.792 bits per heavy atom. The average Bonchev–Trinajstić information content (AvgIpc) is 2.56. The van der Waals surface area contributed by atoms with Crippen LogP contribution in [0.15, 0.2) is 0 Å². The molecule has 2 fully saturated rings. The number of nitrogens with zero attached hydrogens (tertiary/aromatic N) is 4. The molecule has 10 heteroatoms. The van der Waals surface area contributed by atoms with Crippen molar-refractivity contribution in [2.45, 2.75) is 33.6 Å². The van der Waals surface area contributed by atoms with Gasteiger partial charge in [-0.15, -0.1) is 0 Å². The molecule has 2 heterocycles. The molecule has 0 bridgehead atoms. The van der Waals surface area contributed by atoms with Crippen LogP contribution in [-0.4, -0.2) is 86.4 Å². The van der Waals surface area contributed by atoms with Gasteiger partial charge in [-0.2, -0.15) is 34.1 Å². The van der Waals surface area contributed by atoms with E-state index >= 15 is 0 Å². The van der Waals surface area contributed by atoms with Gasteiger partial charge in [0.15, 0.2) is 0 Å². The van der Waals surface area contributed by atoms with E-state index in [1.165, 1.54) is 12.9 Å². The number of piperidine rings is 1. The SMILES string of the molecule is CCN(CC)S(=O)(=O)N1CCN(S(=O)(=O)N2CCC(C)CC2)CC1. The van der Waals surface area contributed by atoms with Crippen molar-refractivity contribution in [2.75, 3.05) is 52.4 Å². The molecule has 0 unspecified atom stereocenters. The minimum absolute atomic E-state index is 0.211. The van der Waals surface area contributed by atoms with E-state index in [1.807, 2.05) is 0 Å². The standard InChI is InChI=1S/C14H30N4O4S2/c1-4-15(5-2)23(19,20)17-10-12-18(13-11-17)24(21,22)16-8-6-14(3)7-9-16/h14H,4-13H2,1-3H3.